The van der Waals surface area contributed by atoms with Crippen molar-refractivity contribution >= 4 is 50.1 Å². The number of benzene rings is 1. The third kappa shape index (κ3) is 8.54. The SMILES string of the molecule is CC(C)(C)OC(=O)N1CCC[C@H](Nc2cc(CN3CCOCC3)cc(Nc3ncc(-c4nnn(-c5ccc(Br)cc5)n4)s3)n2)C1. The second-order valence-electron chi connectivity index (χ2n) is 12.1. The number of tetrazole rings is 1. The number of amides is 1. The van der Waals surface area contributed by atoms with Gasteiger partial charge in [-0.2, -0.15) is 0 Å². The average molecular weight is 698 g/mol. The van der Waals surface area contributed by atoms with E-state index >= 15 is 0 Å². The minimum atomic E-state index is -0.533. The van der Waals surface area contributed by atoms with Gasteiger partial charge in [-0.15, -0.1) is 15.0 Å². The molecule has 13 nitrogen and oxygen atoms in total. The number of nitrogens with zero attached hydrogens (tertiary/aromatic N) is 8. The summed E-state index contributed by atoms with van der Waals surface area (Å²) in [7, 11) is 0. The van der Waals surface area contributed by atoms with Crippen molar-refractivity contribution in [1.82, 2.24) is 40.0 Å². The number of ether oxygens (including phenoxy) is 2. The predicted octanol–water partition coefficient (Wildman–Crippen LogP) is 5.33. The Hall–Kier alpha value is -3.66. The van der Waals surface area contributed by atoms with Crippen LogP contribution in [0.4, 0.5) is 21.6 Å². The summed E-state index contributed by atoms with van der Waals surface area (Å²) in [5.41, 5.74) is 1.40. The van der Waals surface area contributed by atoms with Gasteiger partial charge in [-0.05, 0) is 80.8 Å². The topological polar surface area (TPSA) is 135 Å². The maximum Gasteiger partial charge on any atom is 0.410 e. The first-order chi connectivity index (χ1) is 21.7. The number of nitrogens with one attached hydrogen (secondary N) is 2. The van der Waals surface area contributed by atoms with Crippen LogP contribution in [0.2, 0.25) is 0 Å². The molecule has 15 heteroatoms. The van der Waals surface area contributed by atoms with Gasteiger partial charge in [0.2, 0.25) is 5.82 Å². The fourth-order valence-corrected chi connectivity index (χ4v) is 6.18. The van der Waals surface area contributed by atoms with E-state index in [0.717, 1.165) is 72.1 Å². The van der Waals surface area contributed by atoms with Gasteiger partial charge in [-0.25, -0.2) is 14.8 Å². The van der Waals surface area contributed by atoms with Crippen molar-refractivity contribution in [2.45, 2.75) is 51.8 Å². The van der Waals surface area contributed by atoms with Crippen LogP contribution < -0.4 is 10.6 Å². The quantitative estimate of drug-likeness (QED) is 0.247. The lowest BCUT2D eigenvalue weighted by atomic mass is 10.1. The Kier molecular flexibility index (Phi) is 9.58. The molecule has 1 amide bonds. The molecule has 2 aliphatic rings. The molecule has 1 aromatic carbocycles. The van der Waals surface area contributed by atoms with E-state index in [1.807, 2.05) is 45.0 Å². The molecule has 0 bridgehead atoms. The molecule has 0 saturated carbocycles. The van der Waals surface area contributed by atoms with Crippen LogP contribution in [-0.2, 0) is 16.0 Å². The van der Waals surface area contributed by atoms with Gasteiger partial charge in [0, 0.05) is 43.2 Å². The second kappa shape index (κ2) is 13.8. The van der Waals surface area contributed by atoms with Gasteiger partial charge in [-0.3, -0.25) is 4.90 Å². The molecule has 0 spiro atoms. The van der Waals surface area contributed by atoms with Crippen molar-refractivity contribution in [2.24, 2.45) is 0 Å². The van der Waals surface area contributed by atoms with E-state index in [-0.39, 0.29) is 12.1 Å². The Balaban J connectivity index is 1.18. The van der Waals surface area contributed by atoms with Gasteiger partial charge < -0.3 is 25.0 Å². The van der Waals surface area contributed by atoms with Crippen LogP contribution in [0.1, 0.15) is 39.2 Å². The smallest absolute Gasteiger partial charge is 0.410 e. The Morgan fingerprint density at radius 1 is 1.13 bits per heavy atom. The Labute approximate surface area is 274 Å². The Morgan fingerprint density at radius 3 is 2.69 bits per heavy atom. The van der Waals surface area contributed by atoms with Crippen LogP contribution in [0.5, 0.6) is 0 Å². The molecule has 3 aromatic heterocycles. The second-order valence-corrected chi connectivity index (χ2v) is 14.0. The molecule has 238 valence electrons. The zero-order valence-corrected chi connectivity index (χ0v) is 28.0. The minimum absolute atomic E-state index is 0.0520. The lowest BCUT2D eigenvalue weighted by Crippen LogP contribution is -2.47. The van der Waals surface area contributed by atoms with Crippen LogP contribution in [0, 0.1) is 0 Å². The number of halogens is 1. The van der Waals surface area contributed by atoms with Crippen molar-refractivity contribution in [2.75, 3.05) is 50.0 Å². The minimum Gasteiger partial charge on any atom is -0.444 e. The fourth-order valence-electron chi connectivity index (χ4n) is 5.17. The van der Waals surface area contributed by atoms with Crippen molar-refractivity contribution in [3.63, 3.8) is 0 Å². The van der Waals surface area contributed by atoms with Crippen LogP contribution in [0.3, 0.4) is 0 Å². The first-order valence-electron chi connectivity index (χ1n) is 15.0. The third-order valence-electron chi connectivity index (χ3n) is 7.25. The van der Waals surface area contributed by atoms with E-state index in [0.29, 0.717) is 29.9 Å². The van der Waals surface area contributed by atoms with Crippen molar-refractivity contribution in [1.29, 1.82) is 0 Å². The number of aromatic nitrogens is 6. The maximum atomic E-state index is 12.7. The first kappa shape index (κ1) is 31.3. The van der Waals surface area contributed by atoms with Gasteiger partial charge >= 0.3 is 6.09 Å². The molecule has 0 aliphatic carbocycles. The number of hydrogen-bond acceptors (Lipinski definition) is 12. The molecule has 45 heavy (non-hydrogen) atoms. The summed E-state index contributed by atoms with van der Waals surface area (Å²) in [5.74, 6) is 1.91. The van der Waals surface area contributed by atoms with Gasteiger partial charge in [0.1, 0.15) is 17.2 Å². The fraction of sp³-hybridized carbons (Fsp3) is 0.467. The van der Waals surface area contributed by atoms with Crippen molar-refractivity contribution < 1.29 is 14.3 Å². The molecule has 6 rings (SSSR count). The van der Waals surface area contributed by atoms with Gasteiger partial charge in [0.25, 0.3) is 0 Å². The molecule has 2 saturated heterocycles. The average Bonchev–Trinajstić information content (AvgIpc) is 3.68. The van der Waals surface area contributed by atoms with Crippen LogP contribution in [-0.4, -0.2) is 97.1 Å². The standard InChI is InChI=1S/C30H37BrN10O3S/c1-30(2,3)44-29(42)40-10-4-5-22(19-40)33-25-15-20(18-39-11-13-43-14-12-39)16-26(34-25)35-28-32-17-24(45-28)27-36-38-41(37-27)23-8-6-21(31)7-9-23/h6-9,15-17,22H,4-5,10-14,18-19H2,1-3H3,(H2,32,33,34,35)/t22-/m0/s1. The zero-order valence-electron chi connectivity index (χ0n) is 25.6. The summed E-state index contributed by atoms with van der Waals surface area (Å²) in [5, 5.41) is 20.6. The highest BCUT2D eigenvalue weighted by Gasteiger charge is 2.28. The monoisotopic (exact) mass is 696 g/mol. The number of carbonyl (C=O) groups excluding carboxylic acids is 1. The summed E-state index contributed by atoms with van der Waals surface area (Å²) in [4.78, 5) is 28.6. The number of anilines is 3. The van der Waals surface area contributed by atoms with Gasteiger partial charge in [0.05, 0.1) is 30.0 Å². The largest absolute Gasteiger partial charge is 0.444 e. The lowest BCUT2D eigenvalue weighted by molar-refractivity contribution is 0.0206. The summed E-state index contributed by atoms with van der Waals surface area (Å²) >= 11 is 4.88. The number of carbonyl (C=O) groups is 1. The van der Waals surface area contributed by atoms with E-state index in [4.69, 9.17) is 14.5 Å². The van der Waals surface area contributed by atoms with E-state index in [9.17, 15) is 4.79 Å². The number of likely N-dealkylation sites (tertiary alicyclic amines) is 1. The molecule has 2 N–H and O–H groups in total. The lowest BCUT2D eigenvalue weighted by Gasteiger charge is -2.34. The summed E-state index contributed by atoms with van der Waals surface area (Å²) in [6, 6.07) is 11.9. The Bertz CT molecular complexity index is 1600. The highest BCUT2D eigenvalue weighted by Crippen LogP contribution is 2.29. The molecule has 4 aromatic rings. The number of thiazole rings is 1. The summed E-state index contributed by atoms with van der Waals surface area (Å²) in [6.45, 7) is 10.9. The van der Waals surface area contributed by atoms with E-state index in [2.05, 4.69) is 64.0 Å². The number of morpholine rings is 1. The van der Waals surface area contributed by atoms with Crippen LogP contribution in [0.25, 0.3) is 16.4 Å². The summed E-state index contributed by atoms with van der Waals surface area (Å²) in [6.07, 6.45) is 3.27. The summed E-state index contributed by atoms with van der Waals surface area (Å²) < 4.78 is 12.1. The van der Waals surface area contributed by atoms with Gasteiger partial charge in [-0.1, -0.05) is 27.3 Å². The molecule has 1 atom stereocenters. The normalized spacial score (nSPS) is 17.7. The molecule has 2 fully saturated rings. The number of piperidine rings is 1. The number of rotatable bonds is 8. The molecule has 0 unspecified atom stereocenters. The van der Waals surface area contributed by atoms with Crippen LogP contribution >= 0.6 is 27.3 Å². The predicted molar refractivity (Wildman–Crippen MR) is 176 cm³/mol. The van der Waals surface area contributed by atoms with E-state index in [1.165, 1.54) is 16.1 Å². The van der Waals surface area contributed by atoms with Crippen molar-refractivity contribution in [3.05, 3.63) is 52.6 Å². The first-order valence-corrected chi connectivity index (χ1v) is 16.6. The zero-order chi connectivity index (χ0) is 31.4. The van der Waals surface area contributed by atoms with Crippen molar-refractivity contribution in [3.8, 4) is 16.4 Å². The molecular weight excluding hydrogens is 660 g/mol. The van der Waals surface area contributed by atoms with Gasteiger partial charge in [0.15, 0.2) is 5.13 Å². The third-order valence-corrected chi connectivity index (χ3v) is 8.69. The molecule has 5 heterocycles. The van der Waals surface area contributed by atoms with Crippen LogP contribution in [0.15, 0.2) is 47.1 Å². The maximum absolute atomic E-state index is 12.7. The number of pyridine rings is 1. The molecule has 0 radical (unpaired) electrons. The highest BCUT2D eigenvalue weighted by molar-refractivity contribution is 9.10. The Morgan fingerprint density at radius 2 is 1.91 bits per heavy atom. The highest BCUT2D eigenvalue weighted by atomic mass is 79.9. The molecular formula is C30H37BrN10O3S. The number of hydrogen-bond donors (Lipinski definition) is 2. The van der Waals surface area contributed by atoms with E-state index < -0.39 is 5.60 Å². The van der Waals surface area contributed by atoms with E-state index in [1.54, 1.807) is 11.1 Å². The molecule has 2 aliphatic heterocycles.